The molecule has 23 heavy (non-hydrogen) atoms. The van der Waals surface area contributed by atoms with E-state index in [1.165, 1.54) is 0 Å². The van der Waals surface area contributed by atoms with E-state index in [2.05, 4.69) is 10.1 Å². The van der Waals surface area contributed by atoms with Gasteiger partial charge in [-0.1, -0.05) is 28.4 Å². The van der Waals surface area contributed by atoms with E-state index in [0.717, 1.165) is 6.29 Å². The standard InChI is InChI=1S/C16H10Cl2N2O3/c17-11-3-6-14(18)13(7-11)16-19-15(23-20-16)9-22-12-4-1-10(8-21)2-5-12/h1-8H,9H2. The molecule has 1 aromatic heterocycles. The molecule has 0 spiro atoms. The van der Waals surface area contributed by atoms with Gasteiger partial charge in [0.25, 0.3) is 5.89 Å². The number of halogens is 2. The summed E-state index contributed by atoms with van der Waals surface area (Å²) in [5.74, 6) is 1.24. The van der Waals surface area contributed by atoms with Gasteiger partial charge in [0.2, 0.25) is 5.82 Å². The van der Waals surface area contributed by atoms with Gasteiger partial charge in [0.15, 0.2) is 6.61 Å². The normalized spacial score (nSPS) is 10.5. The van der Waals surface area contributed by atoms with Gasteiger partial charge in [-0.15, -0.1) is 0 Å². The van der Waals surface area contributed by atoms with Crippen LogP contribution >= 0.6 is 23.2 Å². The molecule has 0 aliphatic heterocycles. The topological polar surface area (TPSA) is 65.2 Å². The average molecular weight is 349 g/mol. The molecule has 0 aliphatic rings. The maximum absolute atomic E-state index is 10.6. The number of aromatic nitrogens is 2. The van der Waals surface area contributed by atoms with Crippen LogP contribution in [0.25, 0.3) is 11.4 Å². The Bertz CT molecular complexity index is 832. The van der Waals surface area contributed by atoms with Crippen molar-refractivity contribution in [1.29, 1.82) is 0 Å². The summed E-state index contributed by atoms with van der Waals surface area (Å²) in [6, 6.07) is 11.7. The summed E-state index contributed by atoms with van der Waals surface area (Å²) in [7, 11) is 0. The smallest absolute Gasteiger partial charge is 0.264 e. The lowest BCUT2D eigenvalue weighted by Crippen LogP contribution is -1.96. The van der Waals surface area contributed by atoms with E-state index in [1.54, 1.807) is 42.5 Å². The van der Waals surface area contributed by atoms with E-state index in [-0.39, 0.29) is 6.61 Å². The molecule has 0 unspecified atom stereocenters. The summed E-state index contributed by atoms with van der Waals surface area (Å²) in [4.78, 5) is 14.8. The summed E-state index contributed by atoms with van der Waals surface area (Å²) in [6.45, 7) is 0.103. The number of carbonyl (C=O) groups excluding carboxylic acids is 1. The van der Waals surface area contributed by atoms with E-state index >= 15 is 0 Å². The van der Waals surface area contributed by atoms with Crippen molar-refractivity contribution in [1.82, 2.24) is 10.1 Å². The van der Waals surface area contributed by atoms with Crippen LogP contribution in [-0.4, -0.2) is 16.4 Å². The predicted molar refractivity (Wildman–Crippen MR) is 85.9 cm³/mol. The number of carbonyl (C=O) groups is 1. The molecule has 0 N–H and O–H groups in total. The largest absolute Gasteiger partial charge is 0.484 e. The first-order valence-electron chi connectivity index (χ1n) is 6.62. The maximum atomic E-state index is 10.6. The average Bonchev–Trinajstić information content (AvgIpc) is 3.04. The molecule has 0 fully saturated rings. The highest BCUT2D eigenvalue weighted by Crippen LogP contribution is 2.28. The minimum absolute atomic E-state index is 0.103. The Kier molecular flexibility index (Phi) is 4.60. The van der Waals surface area contributed by atoms with Crippen LogP contribution in [0.5, 0.6) is 5.75 Å². The van der Waals surface area contributed by atoms with Crippen LogP contribution in [0.15, 0.2) is 47.0 Å². The van der Waals surface area contributed by atoms with E-state index in [0.29, 0.717) is 38.6 Å². The van der Waals surface area contributed by atoms with Crippen molar-refractivity contribution in [2.75, 3.05) is 0 Å². The Morgan fingerprint density at radius 3 is 2.65 bits per heavy atom. The molecule has 0 aliphatic carbocycles. The van der Waals surface area contributed by atoms with Gasteiger partial charge < -0.3 is 9.26 Å². The van der Waals surface area contributed by atoms with Crippen LogP contribution in [0.1, 0.15) is 16.2 Å². The van der Waals surface area contributed by atoms with Crippen molar-refractivity contribution in [2.45, 2.75) is 6.61 Å². The van der Waals surface area contributed by atoms with Crippen LogP contribution in [0, 0.1) is 0 Å². The van der Waals surface area contributed by atoms with Crippen molar-refractivity contribution in [3.8, 4) is 17.1 Å². The van der Waals surface area contributed by atoms with Gasteiger partial charge in [0, 0.05) is 16.1 Å². The first-order valence-corrected chi connectivity index (χ1v) is 7.37. The van der Waals surface area contributed by atoms with Crippen LogP contribution < -0.4 is 4.74 Å². The molecule has 0 saturated heterocycles. The van der Waals surface area contributed by atoms with Crippen molar-refractivity contribution in [3.63, 3.8) is 0 Å². The third kappa shape index (κ3) is 3.70. The first kappa shape index (κ1) is 15.5. The molecule has 116 valence electrons. The Balaban J connectivity index is 1.71. The molecule has 0 atom stereocenters. The molecule has 1 heterocycles. The van der Waals surface area contributed by atoms with E-state index in [1.807, 2.05) is 0 Å². The second kappa shape index (κ2) is 6.81. The van der Waals surface area contributed by atoms with Crippen LogP contribution in [0.3, 0.4) is 0 Å². The molecule has 0 radical (unpaired) electrons. The summed E-state index contributed by atoms with van der Waals surface area (Å²) in [6.07, 6.45) is 0.767. The molecule has 2 aromatic carbocycles. The lowest BCUT2D eigenvalue weighted by atomic mass is 10.2. The predicted octanol–water partition coefficient (Wildman–Crippen LogP) is 4.43. The van der Waals surface area contributed by atoms with Gasteiger partial charge >= 0.3 is 0 Å². The van der Waals surface area contributed by atoms with Gasteiger partial charge in [-0.2, -0.15) is 4.98 Å². The van der Waals surface area contributed by atoms with Gasteiger partial charge in [0.1, 0.15) is 12.0 Å². The number of nitrogens with zero attached hydrogens (tertiary/aromatic N) is 2. The summed E-state index contributed by atoms with van der Waals surface area (Å²) in [5, 5.41) is 4.88. The van der Waals surface area contributed by atoms with Crippen molar-refractivity contribution >= 4 is 29.5 Å². The summed E-state index contributed by atoms with van der Waals surface area (Å²) in [5.41, 5.74) is 1.16. The van der Waals surface area contributed by atoms with E-state index in [9.17, 15) is 4.79 Å². The van der Waals surface area contributed by atoms with Crippen LogP contribution in [-0.2, 0) is 6.61 Å². The molecule has 0 saturated carbocycles. The quantitative estimate of drug-likeness (QED) is 0.638. The number of hydrogen-bond acceptors (Lipinski definition) is 5. The highest BCUT2D eigenvalue weighted by molar-refractivity contribution is 6.35. The SMILES string of the molecule is O=Cc1ccc(OCc2nc(-c3cc(Cl)ccc3Cl)no2)cc1. The first-order chi connectivity index (χ1) is 11.2. The van der Waals surface area contributed by atoms with Gasteiger partial charge in [-0.25, -0.2) is 0 Å². The molecule has 3 aromatic rings. The number of rotatable bonds is 5. The second-order valence-corrected chi connectivity index (χ2v) is 5.46. The van der Waals surface area contributed by atoms with Gasteiger partial charge in [-0.05, 0) is 42.5 Å². The summed E-state index contributed by atoms with van der Waals surface area (Å²) < 4.78 is 10.7. The second-order valence-electron chi connectivity index (χ2n) is 4.61. The zero-order valence-corrected chi connectivity index (χ0v) is 13.2. The monoisotopic (exact) mass is 348 g/mol. The zero-order chi connectivity index (χ0) is 16.2. The molecule has 0 bridgehead atoms. The molecule has 0 amide bonds. The minimum atomic E-state index is 0.103. The maximum Gasteiger partial charge on any atom is 0.264 e. The Morgan fingerprint density at radius 1 is 1.13 bits per heavy atom. The van der Waals surface area contributed by atoms with Crippen LogP contribution in [0.2, 0.25) is 10.0 Å². The van der Waals surface area contributed by atoms with Gasteiger partial charge in [-0.3, -0.25) is 4.79 Å². The Labute approximate surface area is 141 Å². The number of ether oxygens (including phenoxy) is 1. The number of hydrogen-bond donors (Lipinski definition) is 0. The fraction of sp³-hybridized carbons (Fsp3) is 0.0625. The highest BCUT2D eigenvalue weighted by Gasteiger charge is 2.13. The lowest BCUT2D eigenvalue weighted by molar-refractivity contribution is 0.112. The Hall–Kier alpha value is -2.37. The highest BCUT2D eigenvalue weighted by atomic mass is 35.5. The van der Waals surface area contributed by atoms with E-state index in [4.69, 9.17) is 32.5 Å². The van der Waals surface area contributed by atoms with Crippen molar-refractivity contribution in [2.24, 2.45) is 0 Å². The third-order valence-electron chi connectivity index (χ3n) is 3.02. The zero-order valence-electron chi connectivity index (χ0n) is 11.7. The summed E-state index contributed by atoms with van der Waals surface area (Å²) >= 11 is 12.0. The van der Waals surface area contributed by atoms with Crippen molar-refractivity contribution in [3.05, 3.63) is 64.0 Å². The fourth-order valence-corrected chi connectivity index (χ4v) is 2.25. The van der Waals surface area contributed by atoms with E-state index < -0.39 is 0 Å². The van der Waals surface area contributed by atoms with Gasteiger partial charge in [0.05, 0.1) is 5.02 Å². The molecule has 5 nitrogen and oxygen atoms in total. The fourth-order valence-electron chi connectivity index (χ4n) is 1.88. The van der Waals surface area contributed by atoms with Crippen molar-refractivity contribution < 1.29 is 14.1 Å². The number of benzene rings is 2. The molecular weight excluding hydrogens is 339 g/mol. The third-order valence-corrected chi connectivity index (χ3v) is 3.58. The molecule has 7 heteroatoms. The number of aldehydes is 1. The van der Waals surface area contributed by atoms with Crippen LogP contribution in [0.4, 0.5) is 0 Å². The molecular formula is C16H10Cl2N2O3. The minimum Gasteiger partial charge on any atom is -0.484 e. The Morgan fingerprint density at radius 2 is 1.91 bits per heavy atom. The lowest BCUT2D eigenvalue weighted by Gasteiger charge is -2.02. The molecule has 3 rings (SSSR count).